The predicted molar refractivity (Wildman–Crippen MR) is 94.2 cm³/mol. The van der Waals surface area contributed by atoms with Gasteiger partial charge >= 0.3 is 5.69 Å². The zero-order chi connectivity index (χ0) is 16.7. The fourth-order valence-electron chi connectivity index (χ4n) is 3.19. The highest BCUT2D eigenvalue weighted by Gasteiger charge is 2.23. The number of halogens is 2. The standard InChI is InChI=1S/C17H14BrFN4O/c18-11-8-20-9-14-10(11)4-1-2-7-23(14)16-15-12(19)5-3-6-13(15)21-17(24)22-16/h3,5-6,8-9H,1-2,4,7H2,(H,21,22,24). The lowest BCUT2D eigenvalue weighted by molar-refractivity contribution is 0.638. The molecule has 2 aromatic heterocycles. The Hall–Kier alpha value is -2.28. The number of aromatic nitrogens is 3. The van der Waals surface area contributed by atoms with Gasteiger partial charge in [-0.05, 0) is 52.9 Å². The summed E-state index contributed by atoms with van der Waals surface area (Å²) in [7, 11) is 0. The number of nitrogens with one attached hydrogen (secondary N) is 1. The normalized spacial score (nSPS) is 14.5. The Morgan fingerprint density at radius 3 is 3.00 bits per heavy atom. The fourth-order valence-corrected chi connectivity index (χ4v) is 3.71. The largest absolute Gasteiger partial charge is 0.347 e. The highest BCUT2D eigenvalue weighted by Crippen LogP contribution is 2.37. The van der Waals surface area contributed by atoms with Crippen LogP contribution in [-0.2, 0) is 6.42 Å². The van der Waals surface area contributed by atoms with E-state index in [1.54, 1.807) is 24.5 Å². The molecule has 0 unspecified atom stereocenters. The minimum atomic E-state index is -0.489. The number of nitrogens with zero attached hydrogens (tertiary/aromatic N) is 3. The van der Waals surface area contributed by atoms with Gasteiger partial charge in [-0.25, -0.2) is 9.18 Å². The van der Waals surface area contributed by atoms with E-state index in [2.05, 4.69) is 30.9 Å². The van der Waals surface area contributed by atoms with Gasteiger partial charge in [-0.3, -0.25) is 4.98 Å². The van der Waals surface area contributed by atoms with E-state index in [1.165, 1.54) is 6.07 Å². The van der Waals surface area contributed by atoms with Gasteiger partial charge in [0.2, 0.25) is 0 Å². The molecule has 4 rings (SSSR count). The molecule has 0 saturated carbocycles. The Bertz CT molecular complexity index is 988. The lowest BCUT2D eigenvalue weighted by atomic mass is 10.1. The molecule has 1 aliphatic rings. The van der Waals surface area contributed by atoms with Gasteiger partial charge in [-0.15, -0.1) is 0 Å². The second-order valence-corrected chi connectivity index (χ2v) is 6.61. The molecule has 0 radical (unpaired) electrons. The molecule has 1 aliphatic heterocycles. The number of H-pyrrole nitrogens is 1. The average molecular weight is 389 g/mol. The van der Waals surface area contributed by atoms with E-state index in [-0.39, 0.29) is 0 Å². The van der Waals surface area contributed by atoms with E-state index >= 15 is 0 Å². The first-order valence-corrected chi connectivity index (χ1v) is 8.53. The van der Waals surface area contributed by atoms with Gasteiger partial charge in [0.25, 0.3) is 0 Å². The highest BCUT2D eigenvalue weighted by atomic mass is 79.9. The van der Waals surface area contributed by atoms with Crippen molar-refractivity contribution in [3.8, 4) is 0 Å². The SMILES string of the molecule is O=c1nc(N2CCCCc3c(Br)cncc32)c2c(F)cccc2[nH]1. The first-order chi connectivity index (χ1) is 11.6. The maximum Gasteiger partial charge on any atom is 0.347 e. The molecule has 3 heterocycles. The Kier molecular flexibility index (Phi) is 3.80. The quantitative estimate of drug-likeness (QED) is 0.690. The summed E-state index contributed by atoms with van der Waals surface area (Å²) in [5.74, 6) is -0.0603. The van der Waals surface area contributed by atoms with Crippen LogP contribution in [0.1, 0.15) is 18.4 Å². The molecule has 3 aromatic rings. The van der Waals surface area contributed by atoms with E-state index in [1.807, 2.05) is 4.90 Å². The summed E-state index contributed by atoms with van der Waals surface area (Å²) in [4.78, 5) is 24.8. The van der Waals surface area contributed by atoms with Crippen molar-refractivity contribution in [1.82, 2.24) is 15.0 Å². The Morgan fingerprint density at radius 2 is 2.12 bits per heavy atom. The minimum Gasteiger partial charge on any atom is -0.324 e. The third-order valence-electron chi connectivity index (χ3n) is 4.27. The fraction of sp³-hybridized carbons (Fsp3) is 0.235. The van der Waals surface area contributed by atoms with Crippen LogP contribution in [0.15, 0.2) is 39.9 Å². The van der Waals surface area contributed by atoms with Crippen molar-refractivity contribution >= 4 is 38.3 Å². The lowest BCUT2D eigenvalue weighted by Crippen LogP contribution is -2.24. The number of benzene rings is 1. The zero-order valence-corrected chi connectivity index (χ0v) is 14.3. The number of hydrogen-bond donors (Lipinski definition) is 1. The summed E-state index contributed by atoms with van der Waals surface area (Å²) in [5, 5.41) is 0.324. The van der Waals surface area contributed by atoms with Crippen LogP contribution >= 0.6 is 15.9 Å². The van der Waals surface area contributed by atoms with Crippen LogP contribution in [-0.4, -0.2) is 21.5 Å². The van der Waals surface area contributed by atoms with Crippen LogP contribution in [0.5, 0.6) is 0 Å². The van der Waals surface area contributed by atoms with Crippen LogP contribution in [0, 0.1) is 5.82 Å². The smallest absolute Gasteiger partial charge is 0.324 e. The van der Waals surface area contributed by atoms with Crippen molar-refractivity contribution < 1.29 is 4.39 Å². The van der Waals surface area contributed by atoms with Crippen molar-refractivity contribution in [2.75, 3.05) is 11.4 Å². The number of rotatable bonds is 1. The van der Waals surface area contributed by atoms with E-state index < -0.39 is 11.5 Å². The number of pyridine rings is 1. The molecular weight excluding hydrogens is 375 g/mol. The van der Waals surface area contributed by atoms with Crippen LogP contribution in [0.3, 0.4) is 0 Å². The van der Waals surface area contributed by atoms with E-state index in [0.29, 0.717) is 23.3 Å². The van der Waals surface area contributed by atoms with Crippen LogP contribution < -0.4 is 10.6 Å². The summed E-state index contributed by atoms with van der Waals surface area (Å²) in [6, 6.07) is 4.64. The molecular formula is C17H14BrFN4O. The summed E-state index contributed by atoms with van der Waals surface area (Å²) < 4.78 is 15.4. The number of fused-ring (bicyclic) bond motifs is 2. The van der Waals surface area contributed by atoms with Gasteiger partial charge in [-0.2, -0.15) is 4.98 Å². The van der Waals surface area contributed by atoms with Gasteiger partial charge in [0.1, 0.15) is 5.82 Å². The molecule has 0 saturated heterocycles. The Balaban J connectivity index is 2.02. The molecule has 0 atom stereocenters. The maximum atomic E-state index is 14.5. The monoisotopic (exact) mass is 388 g/mol. The van der Waals surface area contributed by atoms with Crippen molar-refractivity contribution in [3.05, 3.63) is 56.9 Å². The third kappa shape index (κ3) is 2.49. The second kappa shape index (κ2) is 5.98. The highest BCUT2D eigenvalue weighted by molar-refractivity contribution is 9.10. The zero-order valence-electron chi connectivity index (χ0n) is 12.7. The van der Waals surface area contributed by atoms with Gasteiger partial charge in [0.15, 0.2) is 5.82 Å². The van der Waals surface area contributed by atoms with Crippen LogP contribution in [0.4, 0.5) is 15.9 Å². The lowest BCUT2D eigenvalue weighted by Gasteiger charge is -2.25. The van der Waals surface area contributed by atoms with Gasteiger partial charge in [0, 0.05) is 17.2 Å². The van der Waals surface area contributed by atoms with Crippen LogP contribution in [0.2, 0.25) is 0 Å². The molecule has 1 N–H and O–H groups in total. The molecule has 0 aliphatic carbocycles. The van der Waals surface area contributed by atoms with Gasteiger partial charge in [-0.1, -0.05) is 6.07 Å². The number of aromatic amines is 1. The molecule has 0 bridgehead atoms. The average Bonchev–Trinajstić information content (AvgIpc) is 2.77. The Labute approximate surface area is 145 Å². The molecule has 122 valence electrons. The van der Waals surface area contributed by atoms with Gasteiger partial charge < -0.3 is 9.88 Å². The molecule has 0 amide bonds. The van der Waals surface area contributed by atoms with Crippen molar-refractivity contribution in [2.45, 2.75) is 19.3 Å². The topological polar surface area (TPSA) is 61.9 Å². The van der Waals surface area contributed by atoms with E-state index in [4.69, 9.17) is 0 Å². The summed E-state index contributed by atoms with van der Waals surface area (Å²) >= 11 is 3.54. The van der Waals surface area contributed by atoms with Gasteiger partial charge in [0.05, 0.1) is 22.8 Å². The third-order valence-corrected chi connectivity index (χ3v) is 4.96. The molecule has 1 aromatic carbocycles. The first-order valence-electron chi connectivity index (χ1n) is 7.73. The van der Waals surface area contributed by atoms with E-state index in [0.717, 1.165) is 35.0 Å². The van der Waals surface area contributed by atoms with Crippen molar-refractivity contribution in [3.63, 3.8) is 0 Å². The molecule has 0 spiro atoms. The summed E-state index contributed by atoms with van der Waals surface area (Å²) in [5.41, 5.74) is 1.93. The second-order valence-electron chi connectivity index (χ2n) is 5.76. The molecule has 5 nitrogen and oxygen atoms in total. The maximum absolute atomic E-state index is 14.5. The molecule has 7 heteroatoms. The van der Waals surface area contributed by atoms with E-state index in [9.17, 15) is 9.18 Å². The number of anilines is 2. The predicted octanol–water partition coefficient (Wildman–Crippen LogP) is 3.69. The van der Waals surface area contributed by atoms with Crippen molar-refractivity contribution in [2.24, 2.45) is 0 Å². The first kappa shape index (κ1) is 15.3. The molecule has 0 fully saturated rings. The minimum absolute atomic E-state index is 0.324. The van der Waals surface area contributed by atoms with Crippen molar-refractivity contribution in [1.29, 1.82) is 0 Å². The van der Waals surface area contributed by atoms with Crippen LogP contribution in [0.25, 0.3) is 10.9 Å². The number of hydrogen-bond acceptors (Lipinski definition) is 4. The summed E-state index contributed by atoms with van der Waals surface area (Å²) in [6.45, 7) is 0.658. The summed E-state index contributed by atoms with van der Waals surface area (Å²) in [6.07, 6.45) is 6.34. The Morgan fingerprint density at radius 1 is 1.25 bits per heavy atom. The molecule has 24 heavy (non-hydrogen) atoms.